The number of para-hydroxylation sites is 1. The van der Waals surface area contributed by atoms with Crippen molar-refractivity contribution >= 4 is 23.3 Å². The van der Waals surface area contributed by atoms with Crippen LogP contribution < -0.4 is 10.2 Å². The molecule has 1 aromatic carbocycles. The van der Waals surface area contributed by atoms with Gasteiger partial charge < -0.3 is 19.5 Å². The number of nitrogens with one attached hydrogen (secondary N) is 1. The molecular weight excluding hydrogens is 356 g/mol. The average Bonchev–Trinajstić information content (AvgIpc) is 2.98. The highest BCUT2D eigenvalue weighted by molar-refractivity contribution is 5.74. The van der Waals surface area contributed by atoms with Crippen molar-refractivity contribution in [3.63, 3.8) is 0 Å². The Morgan fingerprint density at radius 1 is 1.26 bits per heavy atom. The van der Waals surface area contributed by atoms with Gasteiger partial charge in [-0.3, -0.25) is 4.84 Å². The molecule has 1 aliphatic rings. The molecule has 0 bridgehead atoms. The van der Waals surface area contributed by atoms with Crippen LogP contribution in [0.1, 0.15) is 33.6 Å². The molecule has 2 aromatic rings. The van der Waals surface area contributed by atoms with Crippen LogP contribution in [0.15, 0.2) is 24.3 Å². The van der Waals surface area contributed by atoms with E-state index in [1.165, 1.54) is 0 Å². The number of aromatic nitrogens is 3. The first-order chi connectivity index (χ1) is 12.8. The number of carbonyl (C=O) groups excluding carboxylic acids is 2. The highest BCUT2D eigenvalue weighted by Crippen LogP contribution is 2.16. The van der Waals surface area contributed by atoms with Gasteiger partial charge in [-0.25, -0.2) is 9.59 Å². The maximum atomic E-state index is 11.9. The van der Waals surface area contributed by atoms with Crippen molar-refractivity contribution in [2.45, 2.75) is 51.5 Å². The lowest BCUT2D eigenvalue weighted by Gasteiger charge is -2.29. The third-order valence-corrected chi connectivity index (χ3v) is 3.67. The number of carbonyl (C=O) groups is 2. The zero-order valence-corrected chi connectivity index (χ0v) is 15.4. The van der Waals surface area contributed by atoms with Crippen molar-refractivity contribution in [3.05, 3.63) is 24.3 Å². The van der Waals surface area contributed by atoms with Gasteiger partial charge in [0.25, 0.3) is 0 Å². The van der Waals surface area contributed by atoms with Crippen molar-refractivity contribution < 1.29 is 28.6 Å². The smallest absolute Gasteiger partial charge is 0.444 e. The second-order valence-electron chi connectivity index (χ2n) is 7.09. The summed E-state index contributed by atoms with van der Waals surface area (Å²) in [5, 5.41) is 10.3. The van der Waals surface area contributed by atoms with E-state index in [-0.39, 0.29) is 12.6 Å². The van der Waals surface area contributed by atoms with E-state index in [1.54, 1.807) is 45.0 Å². The molecule has 0 spiro atoms. The van der Waals surface area contributed by atoms with Crippen LogP contribution in [0.25, 0.3) is 11.0 Å². The molecule has 146 valence electrons. The van der Waals surface area contributed by atoms with Crippen molar-refractivity contribution in [1.82, 2.24) is 20.5 Å². The van der Waals surface area contributed by atoms with E-state index < -0.39 is 24.1 Å². The molecule has 2 atom stereocenters. The molecule has 10 nitrogen and oxygen atoms in total. The van der Waals surface area contributed by atoms with Gasteiger partial charge in [0.2, 0.25) is 6.29 Å². The van der Waals surface area contributed by atoms with Crippen LogP contribution in [0.3, 0.4) is 0 Å². The van der Waals surface area contributed by atoms with Gasteiger partial charge in [-0.05, 0) is 44.5 Å². The minimum Gasteiger partial charge on any atom is -0.444 e. The molecule has 1 N–H and O–H groups in total. The summed E-state index contributed by atoms with van der Waals surface area (Å²) >= 11 is 0. The maximum Gasteiger partial charge on any atom is 0.537 e. The number of hydrogen-bond acceptors (Lipinski definition) is 8. The number of rotatable bonds is 3. The SMILES string of the molecule is CC(C)(C)OC(=O)N[C@@H]1CC[C@@H](OC(=O)On2nnc3ccccc32)OC1. The van der Waals surface area contributed by atoms with Crippen molar-refractivity contribution in [1.29, 1.82) is 0 Å². The Hall–Kier alpha value is -2.88. The summed E-state index contributed by atoms with van der Waals surface area (Å²) in [7, 11) is 0. The van der Waals surface area contributed by atoms with Crippen molar-refractivity contribution in [2.75, 3.05) is 6.61 Å². The van der Waals surface area contributed by atoms with Crippen LogP contribution >= 0.6 is 0 Å². The lowest BCUT2D eigenvalue weighted by molar-refractivity contribution is -0.149. The van der Waals surface area contributed by atoms with E-state index in [2.05, 4.69) is 15.6 Å². The second-order valence-corrected chi connectivity index (χ2v) is 7.09. The molecule has 1 fully saturated rings. The zero-order chi connectivity index (χ0) is 19.4. The molecule has 1 aromatic heterocycles. The number of benzene rings is 1. The van der Waals surface area contributed by atoms with Crippen LogP contribution in [0, 0.1) is 0 Å². The number of nitrogens with zero attached hydrogens (tertiary/aromatic N) is 3. The Labute approximate surface area is 155 Å². The first-order valence-corrected chi connectivity index (χ1v) is 8.61. The number of fused-ring (bicyclic) bond motifs is 1. The van der Waals surface area contributed by atoms with Gasteiger partial charge in [-0.15, -0.1) is 5.10 Å². The number of alkyl carbamates (subject to hydrolysis) is 1. The minimum absolute atomic E-state index is 0.198. The molecule has 2 heterocycles. The molecule has 1 aliphatic heterocycles. The predicted octanol–water partition coefficient (Wildman–Crippen LogP) is 2.03. The van der Waals surface area contributed by atoms with Crippen LogP contribution in [-0.4, -0.2) is 51.9 Å². The van der Waals surface area contributed by atoms with E-state index in [4.69, 9.17) is 19.0 Å². The Morgan fingerprint density at radius 2 is 2.04 bits per heavy atom. The van der Waals surface area contributed by atoms with Crippen LogP contribution in [0.5, 0.6) is 0 Å². The van der Waals surface area contributed by atoms with Gasteiger partial charge in [0.15, 0.2) is 0 Å². The normalized spacial score (nSPS) is 20.1. The third-order valence-electron chi connectivity index (χ3n) is 3.67. The highest BCUT2D eigenvalue weighted by atomic mass is 16.9. The van der Waals surface area contributed by atoms with Crippen molar-refractivity contribution in [2.24, 2.45) is 0 Å². The lowest BCUT2D eigenvalue weighted by Crippen LogP contribution is -2.45. The van der Waals surface area contributed by atoms with Gasteiger partial charge in [0, 0.05) is 6.42 Å². The molecule has 27 heavy (non-hydrogen) atoms. The van der Waals surface area contributed by atoms with Crippen LogP contribution in [0.2, 0.25) is 0 Å². The molecule has 1 amide bonds. The number of hydrogen-bond donors (Lipinski definition) is 1. The zero-order valence-electron chi connectivity index (χ0n) is 15.4. The summed E-state index contributed by atoms with van der Waals surface area (Å²) in [4.78, 5) is 29.7. The molecular formula is C17H22N4O6. The lowest BCUT2D eigenvalue weighted by atomic mass is 10.1. The molecule has 0 saturated carbocycles. The largest absolute Gasteiger partial charge is 0.537 e. The topological polar surface area (TPSA) is 114 Å². The first kappa shape index (κ1) is 18.9. The van der Waals surface area contributed by atoms with Crippen molar-refractivity contribution in [3.8, 4) is 0 Å². The van der Waals surface area contributed by atoms with Crippen LogP contribution in [0.4, 0.5) is 9.59 Å². The Kier molecular flexibility index (Phi) is 5.45. The molecule has 3 rings (SSSR count). The molecule has 10 heteroatoms. The fourth-order valence-electron chi connectivity index (χ4n) is 2.52. The fourth-order valence-corrected chi connectivity index (χ4v) is 2.52. The summed E-state index contributed by atoms with van der Waals surface area (Å²) in [6, 6.07) is 6.83. The quantitative estimate of drug-likeness (QED) is 0.637. The van der Waals surface area contributed by atoms with Crippen LogP contribution in [-0.2, 0) is 14.2 Å². The first-order valence-electron chi connectivity index (χ1n) is 8.61. The fraction of sp³-hybridized carbons (Fsp3) is 0.529. The molecule has 1 saturated heterocycles. The second kappa shape index (κ2) is 7.78. The molecule has 0 aliphatic carbocycles. The summed E-state index contributed by atoms with van der Waals surface area (Å²) in [5.74, 6) is 0. The highest BCUT2D eigenvalue weighted by Gasteiger charge is 2.28. The minimum atomic E-state index is -0.950. The molecule has 0 radical (unpaired) electrons. The van der Waals surface area contributed by atoms with Gasteiger partial charge in [0.1, 0.15) is 16.6 Å². The Balaban J connectivity index is 1.44. The van der Waals surface area contributed by atoms with Gasteiger partial charge in [-0.2, -0.15) is 0 Å². The predicted molar refractivity (Wildman–Crippen MR) is 92.7 cm³/mol. The standard InChI is InChI=1S/C17H22N4O6/c1-17(2,3)26-15(22)18-11-8-9-14(24-10-11)25-16(23)27-21-13-7-5-4-6-12(13)19-20-21/h4-7,11,14H,8-10H2,1-3H3,(H,18,22)/t11-,14-/m1/s1. The summed E-state index contributed by atoms with van der Waals surface area (Å²) in [6.07, 6.45) is -1.23. The van der Waals surface area contributed by atoms with E-state index in [0.717, 1.165) is 4.85 Å². The van der Waals surface area contributed by atoms with E-state index >= 15 is 0 Å². The van der Waals surface area contributed by atoms with Gasteiger partial charge >= 0.3 is 12.2 Å². The Bertz CT molecular complexity index is 807. The summed E-state index contributed by atoms with van der Waals surface area (Å²) in [6.45, 7) is 5.57. The van der Waals surface area contributed by atoms with E-state index in [9.17, 15) is 9.59 Å². The van der Waals surface area contributed by atoms with Gasteiger partial charge in [0.05, 0.1) is 12.6 Å². The summed E-state index contributed by atoms with van der Waals surface area (Å²) < 4.78 is 15.8. The average molecular weight is 378 g/mol. The van der Waals surface area contributed by atoms with Gasteiger partial charge in [-0.1, -0.05) is 17.0 Å². The monoisotopic (exact) mass is 378 g/mol. The molecule has 0 unspecified atom stereocenters. The maximum absolute atomic E-state index is 11.9. The third kappa shape index (κ3) is 5.30. The van der Waals surface area contributed by atoms with E-state index in [1.807, 2.05) is 0 Å². The Morgan fingerprint density at radius 3 is 2.74 bits per heavy atom. The summed E-state index contributed by atoms with van der Waals surface area (Å²) in [5.41, 5.74) is 0.566. The number of amides is 1. The van der Waals surface area contributed by atoms with E-state index in [0.29, 0.717) is 23.9 Å². The number of ether oxygens (including phenoxy) is 3.